The van der Waals surface area contributed by atoms with E-state index in [-0.39, 0.29) is 5.78 Å². The van der Waals surface area contributed by atoms with E-state index in [1.165, 1.54) is 19.3 Å². The average molecular weight is 550 g/mol. The number of likely N-dealkylation sites (tertiary alicyclic amines) is 1. The molecule has 0 bridgehead atoms. The van der Waals surface area contributed by atoms with E-state index in [2.05, 4.69) is 17.1 Å². The molecule has 5 rings (SSSR count). The Morgan fingerprint density at radius 1 is 0.825 bits per heavy atom. The van der Waals surface area contributed by atoms with Gasteiger partial charge in [0.05, 0.1) is 7.11 Å². The zero-order valence-electron chi connectivity index (χ0n) is 22.9. The first-order valence-corrected chi connectivity index (χ1v) is 14.7. The van der Waals surface area contributed by atoms with Crippen LogP contribution in [0.3, 0.4) is 0 Å². The Balaban J connectivity index is 1.44. The maximum Gasteiger partial charge on any atom is 0.195 e. The van der Waals surface area contributed by atoms with Gasteiger partial charge in [-0.3, -0.25) is 9.69 Å². The first kappa shape index (κ1) is 27.6. The van der Waals surface area contributed by atoms with Gasteiger partial charge in [0.1, 0.15) is 18.1 Å². The number of nitrogens with zero attached hydrogens (tertiary/aromatic N) is 1. The van der Waals surface area contributed by atoms with Crippen molar-refractivity contribution in [2.75, 3.05) is 33.4 Å². The molecule has 0 spiro atoms. The molecule has 0 saturated carbocycles. The SMILES string of the molecule is COc1ccc2c(C(=O)c3ccc(OCCN4CCCCC4)cc3)c(C3=CC=CC=CC=CC=CC=C3)sc2c1. The summed E-state index contributed by atoms with van der Waals surface area (Å²) in [5, 5.41) is 0.926. The number of methoxy groups -OCH3 is 1. The van der Waals surface area contributed by atoms with Crippen molar-refractivity contribution in [2.45, 2.75) is 19.3 Å². The van der Waals surface area contributed by atoms with Gasteiger partial charge < -0.3 is 9.47 Å². The Bertz CT molecular complexity index is 1500. The number of ether oxygens (including phenoxy) is 2. The first-order valence-electron chi connectivity index (χ1n) is 13.9. The Kier molecular flexibility index (Phi) is 9.62. The summed E-state index contributed by atoms with van der Waals surface area (Å²) in [6.45, 7) is 3.91. The van der Waals surface area contributed by atoms with Crippen LogP contribution in [0.5, 0.6) is 11.5 Å². The highest BCUT2D eigenvalue weighted by Gasteiger charge is 2.22. The normalized spacial score (nSPS) is 16.0. The van der Waals surface area contributed by atoms with Gasteiger partial charge >= 0.3 is 0 Å². The number of rotatable bonds is 8. The van der Waals surface area contributed by atoms with Crippen molar-refractivity contribution >= 4 is 32.8 Å². The molecule has 1 saturated heterocycles. The minimum atomic E-state index is -0.00551. The highest BCUT2D eigenvalue weighted by atomic mass is 32.1. The van der Waals surface area contributed by atoms with Gasteiger partial charge in [0.15, 0.2) is 5.78 Å². The second kappa shape index (κ2) is 13.9. The van der Waals surface area contributed by atoms with Crippen molar-refractivity contribution < 1.29 is 14.3 Å². The molecule has 1 aliphatic heterocycles. The van der Waals surface area contributed by atoms with E-state index in [0.717, 1.165) is 51.7 Å². The molecule has 1 aliphatic carbocycles. The average Bonchev–Trinajstić information content (AvgIpc) is 3.36. The molecule has 4 nitrogen and oxygen atoms in total. The van der Waals surface area contributed by atoms with Gasteiger partial charge in [-0.05, 0) is 74.0 Å². The van der Waals surface area contributed by atoms with Crippen LogP contribution in [-0.2, 0) is 0 Å². The van der Waals surface area contributed by atoms with E-state index < -0.39 is 0 Å². The third-order valence-electron chi connectivity index (χ3n) is 7.07. The molecule has 5 heteroatoms. The molecule has 0 unspecified atom stereocenters. The summed E-state index contributed by atoms with van der Waals surface area (Å²) >= 11 is 1.61. The fourth-order valence-electron chi connectivity index (χ4n) is 4.93. The van der Waals surface area contributed by atoms with Crippen LogP contribution >= 0.6 is 11.3 Å². The molecule has 2 aliphatic rings. The second-order valence-corrected chi connectivity index (χ2v) is 10.8. The third-order valence-corrected chi connectivity index (χ3v) is 8.27. The van der Waals surface area contributed by atoms with Gasteiger partial charge in [-0.15, -0.1) is 11.3 Å². The number of benzene rings is 2. The summed E-state index contributed by atoms with van der Waals surface area (Å²) in [7, 11) is 1.66. The van der Waals surface area contributed by atoms with Crippen LogP contribution in [-0.4, -0.2) is 44.0 Å². The van der Waals surface area contributed by atoms with Gasteiger partial charge in [-0.25, -0.2) is 0 Å². The summed E-state index contributed by atoms with van der Waals surface area (Å²) in [5.41, 5.74) is 2.32. The number of fused-ring (bicyclic) bond motifs is 1. The van der Waals surface area contributed by atoms with E-state index in [1.54, 1.807) is 18.4 Å². The standard InChI is InChI=1S/C35H35NO3S/c1-38-30-20-21-31-32(26-30)40-35(28-14-10-7-5-3-2-4-6-8-11-15-28)33(31)34(37)27-16-18-29(19-17-27)39-25-24-36-22-12-9-13-23-36/h2-8,10-11,14-21,26H,9,12-13,22-25H2,1H3. The van der Waals surface area contributed by atoms with Crippen LogP contribution in [0.25, 0.3) is 15.7 Å². The summed E-state index contributed by atoms with van der Waals surface area (Å²) in [4.78, 5) is 17.5. The van der Waals surface area contributed by atoms with Crippen molar-refractivity contribution in [3.63, 3.8) is 0 Å². The molecule has 2 aromatic carbocycles. The number of ketones is 1. The van der Waals surface area contributed by atoms with Crippen molar-refractivity contribution in [2.24, 2.45) is 0 Å². The van der Waals surface area contributed by atoms with E-state index in [1.807, 2.05) is 97.1 Å². The first-order chi connectivity index (χ1) is 19.7. The maximum atomic E-state index is 14.1. The van der Waals surface area contributed by atoms with E-state index in [9.17, 15) is 4.79 Å². The Labute approximate surface area is 240 Å². The number of hydrogen-bond acceptors (Lipinski definition) is 5. The minimum Gasteiger partial charge on any atom is -0.497 e. The van der Waals surface area contributed by atoms with Gasteiger partial charge in [-0.1, -0.05) is 73.3 Å². The van der Waals surface area contributed by atoms with Crippen LogP contribution in [0.15, 0.2) is 109 Å². The monoisotopic (exact) mass is 549 g/mol. The number of hydrogen-bond donors (Lipinski definition) is 0. The van der Waals surface area contributed by atoms with Gasteiger partial charge in [0.2, 0.25) is 0 Å². The Hall–Kier alpha value is -3.93. The minimum absolute atomic E-state index is 0.00551. The summed E-state index contributed by atoms with van der Waals surface area (Å²) in [6.07, 6.45) is 25.9. The molecule has 3 aromatic rings. The van der Waals surface area contributed by atoms with Gasteiger partial charge in [-0.2, -0.15) is 0 Å². The van der Waals surface area contributed by atoms with Crippen LogP contribution < -0.4 is 9.47 Å². The molecular weight excluding hydrogens is 514 g/mol. The number of carbonyl (C=O) groups is 1. The second-order valence-electron chi connectivity index (χ2n) is 9.79. The third kappa shape index (κ3) is 6.98. The lowest BCUT2D eigenvalue weighted by atomic mass is 9.97. The summed E-state index contributed by atoms with van der Waals surface area (Å²) in [5.74, 6) is 1.56. The van der Waals surface area contributed by atoms with Crippen molar-refractivity contribution in [1.82, 2.24) is 4.90 Å². The summed E-state index contributed by atoms with van der Waals surface area (Å²) in [6, 6.07) is 13.5. The molecule has 0 N–H and O–H groups in total. The number of allylic oxidation sites excluding steroid dienone is 12. The molecule has 1 fully saturated rings. The molecule has 2 heterocycles. The van der Waals surface area contributed by atoms with Crippen LogP contribution in [0.1, 0.15) is 40.1 Å². The van der Waals surface area contributed by atoms with E-state index in [4.69, 9.17) is 9.47 Å². The Morgan fingerprint density at radius 3 is 2.23 bits per heavy atom. The lowest BCUT2D eigenvalue weighted by Gasteiger charge is -2.26. The molecule has 0 atom stereocenters. The van der Waals surface area contributed by atoms with Gasteiger partial charge in [0.25, 0.3) is 0 Å². The topological polar surface area (TPSA) is 38.8 Å². The maximum absolute atomic E-state index is 14.1. The predicted octanol–water partition coefficient (Wildman–Crippen LogP) is 8.18. The van der Waals surface area contributed by atoms with Crippen molar-refractivity contribution in [1.29, 1.82) is 0 Å². The molecular formula is C35H35NO3S. The highest BCUT2D eigenvalue weighted by molar-refractivity contribution is 7.20. The van der Waals surface area contributed by atoms with Crippen LogP contribution in [0, 0.1) is 0 Å². The lowest BCUT2D eigenvalue weighted by Crippen LogP contribution is -2.33. The largest absolute Gasteiger partial charge is 0.497 e. The number of thiophene rings is 1. The van der Waals surface area contributed by atoms with Crippen LogP contribution in [0.2, 0.25) is 0 Å². The molecule has 0 amide bonds. The fraction of sp³-hybridized carbons (Fsp3) is 0.229. The zero-order chi connectivity index (χ0) is 27.6. The number of piperidine rings is 1. The van der Waals surface area contributed by atoms with E-state index in [0.29, 0.717) is 17.7 Å². The van der Waals surface area contributed by atoms with Gasteiger partial charge in [0, 0.05) is 32.6 Å². The van der Waals surface area contributed by atoms with Crippen LogP contribution in [0.4, 0.5) is 0 Å². The molecule has 204 valence electrons. The Morgan fingerprint density at radius 2 is 1.50 bits per heavy atom. The zero-order valence-corrected chi connectivity index (χ0v) is 23.7. The molecule has 1 aromatic heterocycles. The quantitative estimate of drug-likeness (QED) is 0.266. The smallest absolute Gasteiger partial charge is 0.195 e. The molecule has 0 radical (unpaired) electrons. The molecule has 40 heavy (non-hydrogen) atoms. The lowest BCUT2D eigenvalue weighted by molar-refractivity contribution is 0.104. The highest BCUT2D eigenvalue weighted by Crippen LogP contribution is 2.39. The number of carbonyl (C=O) groups excluding carboxylic acids is 1. The van der Waals surface area contributed by atoms with Crippen molar-refractivity contribution in [3.8, 4) is 11.5 Å². The fourth-order valence-corrected chi connectivity index (χ4v) is 6.16. The van der Waals surface area contributed by atoms with E-state index >= 15 is 0 Å². The predicted molar refractivity (Wildman–Crippen MR) is 168 cm³/mol. The van der Waals surface area contributed by atoms with Crippen molar-refractivity contribution in [3.05, 3.63) is 125 Å². The summed E-state index contributed by atoms with van der Waals surface area (Å²) < 4.78 is 12.5.